The van der Waals surface area contributed by atoms with Crippen LogP contribution in [0.5, 0.6) is 0 Å². The number of fused-ring (bicyclic) bond motifs is 1. The van der Waals surface area contributed by atoms with Crippen molar-refractivity contribution >= 4 is 23.3 Å². The lowest BCUT2D eigenvalue weighted by molar-refractivity contribution is 1.17. The first-order valence-electron chi connectivity index (χ1n) is 7.86. The molecule has 0 bridgehead atoms. The zero-order chi connectivity index (χ0) is 17.2. The molecule has 0 atom stereocenters. The predicted octanol–water partition coefficient (Wildman–Crippen LogP) is 4.47. The minimum absolute atomic E-state index is 0. The second-order valence-electron chi connectivity index (χ2n) is 5.69. The SMILES string of the molecule is C#Cc1cccc(-c2ncccc2-c2ncnc3cc(C)ncc23)c1.Cl. The van der Waals surface area contributed by atoms with Crippen LogP contribution in [-0.2, 0) is 0 Å². The van der Waals surface area contributed by atoms with Crippen molar-refractivity contribution < 1.29 is 0 Å². The van der Waals surface area contributed by atoms with E-state index in [4.69, 9.17) is 6.42 Å². The van der Waals surface area contributed by atoms with E-state index >= 15 is 0 Å². The van der Waals surface area contributed by atoms with E-state index in [-0.39, 0.29) is 12.4 Å². The van der Waals surface area contributed by atoms with Gasteiger partial charge in [-0.3, -0.25) is 9.97 Å². The van der Waals surface area contributed by atoms with Crippen molar-refractivity contribution in [2.24, 2.45) is 0 Å². The smallest absolute Gasteiger partial charge is 0.116 e. The molecule has 0 spiro atoms. The molecule has 4 rings (SSSR count). The zero-order valence-corrected chi connectivity index (χ0v) is 14.9. The molecule has 4 nitrogen and oxygen atoms in total. The molecule has 0 aliphatic carbocycles. The molecule has 0 N–H and O–H groups in total. The molecular formula is C21H15ClN4. The average molecular weight is 359 g/mol. The Morgan fingerprint density at radius 2 is 1.81 bits per heavy atom. The molecule has 1 aromatic carbocycles. The van der Waals surface area contributed by atoms with E-state index in [1.807, 2.05) is 55.6 Å². The van der Waals surface area contributed by atoms with Gasteiger partial charge in [0.1, 0.15) is 6.33 Å². The summed E-state index contributed by atoms with van der Waals surface area (Å²) in [6, 6.07) is 13.7. The number of benzene rings is 1. The standard InChI is InChI=1S/C21H14N4.ClH/c1-3-15-6-4-7-16(11-15)20-17(8-5-9-22-20)21-18-12-23-14(2)10-19(18)24-13-25-21;/h1,4-13H,2H3;1H. The number of aromatic nitrogens is 4. The topological polar surface area (TPSA) is 51.6 Å². The fraction of sp³-hybridized carbons (Fsp3) is 0.0476. The first-order valence-corrected chi connectivity index (χ1v) is 7.86. The minimum Gasteiger partial charge on any atom is -0.261 e. The van der Waals surface area contributed by atoms with Crippen LogP contribution in [0.2, 0.25) is 0 Å². The average Bonchev–Trinajstić information content (AvgIpc) is 2.67. The molecule has 0 unspecified atom stereocenters. The highest BCUT2D eigenvalue weighted by Gasteiger charge is 2.13. The quantitative estimate of drug-likeness (QED) is 0.496. The summed E-state index contributed by atoms with van der Waals surface area (Å²) in [5.41, 5.74) is 6.13. The maximum Gasteiger partial charge on any atom is 0.116 e. The largest absolute Gasteiger partial charge is 0.261 e. The van der Waals surface area contributed by atoms with E-state index in [2.05, 4.69) is 25.9 Å². The fourth-order valence-corrected chi connectivity index (χ4v) is 2.85. The molecule has 5 heteroatoms. The van der Waals surface area contributed by atoms with Gasteiger partial charge in [-0.1, -0.05) is 18.1 Å². The van der Waals surface area contributed by atoms with Crippen molar-refractivity contribution in [1.82, 2.24) is 19.9 Å². The molecule has 3 aromatic heterocycles. The van der Waals surface area contributed by atoms with Gasteiger partial charge in [0.05, 0.1) is 16.9 Å². The van der Waals surface area contributed by atoms with Crippen LogP contribution in [0.15, 0.2) is 61.2 Å². The summed E-state index contributed by atoms with van der Waals surface area (Å²) in [5, 5.41) is 0.899. The van der Waals surface area contributed by atoms with Gasteiger partial charge < -0.3 is 0 Å². The first-order chi connectivity index (χ1) is 12.3. The summed E-state index contributed by atoms with van der Waals surface area (Å²) in [7, 11) is 0. The van der Waals surface area contributed by atoms with Gasteiger partial charge in [0, 0.05) is 40.2 Å². The van der Waals surface area contributed by atoms with Gasteiger partial charge in [-0.15, -0.1) is 18.8 Å². The Hall–Kier alpha value is -3.29. The van der Waals surface area contributed by atoms with Crippen LogP contribution < -0.4 is 0 Å². The molecule has 0 radical (unpaired) electrons. The molecule has 0 amide bonds. The lowest BCUT2D eigenvalue weighted by Crippen LogP contribution is -1.95. The van der Waals surface area contributed by atoms with Crippen LogP contribution in [0.1, 0.15) is 11.3 Å². The van der Waals surface area contributed by atoms with Crippen LogP contribution in [0.3, 0.4) is 0 Å². The normalized spacial score (nSPS) is 10.2. The summed E-state index contributed by atoms with van der Waals surface area (Å²) in [6.07, 6.45) is 10.7. The molecule has 0 aliphatic heterocycles. The van der Waals surface area contributed by atoms with Gasteiger partial charge in [0.25, 0.3) is 0 Å². The Kier molecular flexibility index (Phi) is 4.92. The summed E-state index contributed by atoms with van der Waals surface area (Å²) < 4.78 is 0. The van der Waals surface area contributed by atoms with E-state index in [9.17, 15) is 0 Å². The third-order valence-corrected chi connectivity index (χ3v) is 4.02. The molecule has 26 heavy (non-hydrogen) atoms. The van der Waals surface area contributed by atoms with E-state index in [0.717, 1.165) is 44.7 Å². The van der Waals surface area contributed by atoms with Crippen molar-refractivity contribution in [2.45, 2.75) is 6.92 Å². The molecule has 0 saturated carbocycles. The van der Waals surface area contributed by atoms with Crippen molar-refractivity contribution in [2.75, 3.05) is 0 Å². The van der Waals surface area contributed by atoms with Crippen LogP contribution in [0.4, 0.5) is 0 Å². The number of nitrogens with zero attached hydrogens (tertiary/aromatic N) is 4. The van der Waals surface area contributed by atoms with E-state index < -0.39 is 0 Å². The number of hydrogen-bond donors (Lipinski definition) is 0. The zero-order valence-electron chi connectivity index (χ0n) is 14.0. The molecule has 4 aromatic rings. The first kappa shape index (κ1) is 17.5. The fourth-order valence-electron chi connectivity index (χ4n) is 2.85. The highest BCUT2D eigenvalue weighted by molar-refractivity contribution is 5.95. The Morgan fingerprint density at radius 1 is 0.923 bits per heavy atom. The Bertz CT molecular complexity index is 1130. The second kappa shape index (κ2) is 7.30. The molecule has 126 valence electrons. The maximum atomic E-state index is 5.54. The van der Waals surface area contributed by atoms with Crippen molar-refractivity contribution in [3.63, 3.8) is 0 Å². The third-order valence-electron chi connectivity index (χ3n) is 4.02. The maximum absolute atomic E-state index is 5.54. The molecular weight excluding hydrogens is 344 g/mol. The van der Waals surface area contributed by atoms with Gasteiger partial charge in [0.2, 0.25) is 0 Å². The van der Waals surface area contributed by atoms with Gasteiger partial charge in [-0.05, 0) is 37.3 Å². The number of aryl methyl sites for hydroxylation is 1. The van der Waals surface area contributed by atoms with Gasteiger partial charge in [0.15, 0.2) is 0 Å². The summed E-state index contributed by atoms with van der Waals surface area (Å²) >= 11 is 0. The van der Waals surface area contributed by atoms with Crippen molar-refractivity contribution in [1.29, 1.82) is 0 Å². The van der Waals surface area contributed by atoms with Crippen LogP contribution >= 0.6 is 12.4 Å². The Balaban J connectivity index is 0.00000196. The summed E-state index contributed by atoms with van der Waals surface area (Å²) in [4.78, 5) is 17.8. The number of halogens is 1. The number of hydrogen-bond acceptors (Lipinski definition) is 4. The van der Waals surface area contributed by atoms with Crippen molar-refractivity contribution in [3.05, 3.63) is 72.4 Å². The number of rotatable bonds is 2. The molecule has 0 fully saturated rings. The monoisotopic (exact) mass is 358 g/mol. The van der Waals surface area contributed by atoms with E-state index in [0.29, 0.717) is 0 Å². The lowest BCUT2D eigenvalue weighted by Gasteiger charge is -2.10. The third kappa shape index (κ3) is 3.13. The molecule has 0 saturated heterocycles. The minimum atomic E-state index is 0. The lowest BCUT2D eigenvalue weighted by atomic mass is 10.00. The highest BCUT2D eigenvalue weighted by atomic mass is 35.5. The second-order valence-corrected chi connectivity index (χ2v) is 5.69. The number of terminal acetylenes is 1. The van der Waals surface area contributed by atoms with Crippen molar-refractivity contribution in [3.8, 4) is 34.9 Å². The Labute approximate surface area is 157 Å². The number of pyridine rings is 2. The van der Waals surface area contributed by atoms with Gasteiger partial charge in [-0.2, -0.15) is 0 Å². The summed E-state index contributed by atoms with van der Waals surface area (Å²) in [6.45, 7) is 1.95. The Morgan fingerprint density at radius 3 is 2.65 bits per heavy atom. The molecule has 0 aliphatic rings. The van der Waals surface area contributed by atoms with Gasteiger partial charge >= 0.3 is 0 Å². The van der Waals surface area contributed by atoms with E-state index in [1.54, 1.807) is 12.5 Å². The van der Waals surface area contributed by atoms with Crippen LogP contribution in [0.25, 0.3) is 33.4 Å². The van der Waals surface area contributed by atoms with Crippen LogP contribution in [-0.4, -0.2) is 19.9 Å². The van der Waals surface area contributed by atoms with Crippen LogP contribution in [0, 0.1) is 19.3 Å². The predicted molar refractivity (Wildman–Crippen MR) is 106 cm³/mol. The van der Waals surface area contributed by atoms with E-state index in [1.165, 1.54) is 0 Å². The summed E-state index contributed by atoms with van der Waals surface area (Å²) in [5.74, 6) is 2.67. The highest BCUT2D eigenvalue weighted by Crippen LogP contribution is 2.32. The molecule has 3 heterocycles. The van der Waals surface area contributed by atoms with Gasteiger partial charge in [-0.25, -0.2) is 9.97 Å².